The van der Waals surface area contributed by atoms with Gasteiger partial charge in [-0.1, -0.05) is 75.7 Å². The van der Waals surface area contributed by atoms with E-state index in [-0.39, 0.29) is 32.6 Å². The Bertz CT molecular complexity index is 1870. The van der Waals surface area contributed by atoms with Crippen molar-refractivity contribution in [3.8, 4) is 22.4 Å². The number of rotatable bonds is 19. The fourth-order valence-electron chi connectivity index (χ4n) is 6.88. The van der Waals surface area contributed by atoms with Crippen LogP contribution >= 0.6 is 0 Å². The predicted octanol–water partition coefficient (Wildman–Crippen LogP) is 9.24. The second kappa shape index (κ2) is 19.4. The highest BCUT2D eigenvalue weighted by molar-refractivity contribution is 6.76. The number of pyridine rings is 1. The van der Waals surface area contributed by atoms with E-state index in [1.54, 1.807) is 24.6 Å². The van der Waals surface area contributed by atoms with Crippen LogP contribution in [0.3, 0.4) is 0 Å². The molecular formula is C42H60FN5O6Si2. The normalized spacial score (nSPS) is 16.8. The molecule has 0 N–H and O–H groups in total. The van der Waals surface area contributed by atoms with Gasteiger partial charge in [-0.2, -0.15) is 9.61 Å². The zero-order valence-electron chi connectivity index (χ0n) is 34.5. The molecule has 0 amide bonds. The summed E-state index contributed by atoms with van der Waals surface area (Å²) in [6.45, 7) is 19.0. The van der Waals surface area contributed by atoms with Crippen LogP contribution in [0.15, 0.2) is 54.9 Å². The molecular weight excluding hydrogens is 746 g/mol. The molecule has 56 heavy (non-hydrogen) atoms. The summed E-state index contributed by atoms with van der Waals surface area (Å²) in [6.07, 6.45) is 3.80. The number of aromatic nitrogens is 4. The molecule has 1 unspecified atom stereocenters. The van der Waals surface area contributed by atoms with Crippen molar-refractivity contribution in [3.63, 3.8) is 0 Å². The number of hydrogen-bond acceptors (Lipinski definition) is 10. The summed E-state index contributed by atoms with van der Waals surface area (Å²) in [5.41, 5.74) is 4.80. The third kappa shape index (κ3) is 11.3. The quantitative estimate of drug-likeness (QED) is 0.0393. The molecule has 0 bridgehead atoms. The Hall–Kier alpha value is -3.99. The maximum atomic E-state index is 15.3. The minimum Gasteiger partial charge on any atom is -0.464 e. The second-order valence-corrected chi connectivity index (χ2v) is 28.3. The van der Waals surface area contributed by atoms with Crippen molar-refractivity contribution < 1.29 is 32.9 Å². The number of hydrogen-bond donors (Lipinski definition) is 0. The number of fused-ring (bicyclic) bond motifs is 1. The standard InChI is InChI=1S/C42H60FN5O6Si2/c1-9-53-41(49)36-38(32-18-16-31(17-19-32)37(43)42(50)54-10-2)46-39-34(33-20-21-35(44-26-33)30-14-12-11-13-15-30)27-45-48(39)40(36)47(28-51-22-24-55(3,4)5)29-52-23-25-56(6,7)8/h11-15,20-21,26-27,31-32,37H,9-10,16-19,22-25,28-29H2,1-8H3. The van der Waals surface area contributed by atoms with Gasteiger partial charge in [0.25, 0.3) is 0 Å². The van der Waals surface area contributed by atoms with Gasteiger partial charge in [0.05, 0.1) is 30.8 Å². The first-order valence-electron chi connectivity index (χ1n) is 20.0. The fourth-order valence-corrected chi connectivity index (χ4v) is 8.40. The first-order valence-corrected chi connectivity index (χ1v) is 27.4. The van der Waals surface area contributed by atoms with Crippen LogP contribution in [-0.2, 0) is 23.7 Å². The van der Waals surface area contributed by atoms with Crippen molar-refractivity contribution in [2.75, 3.05) is 44.8 Å². The number of esters is 2. The number of ether oxygens (including phenoxy) is 4. The van der Waals surface area contributed by atoms with Gasteiger partial charge in [0.15, 0.2) is 17.6 Å². The van der Waals surface area contributed by atoms with Crippen molar-refractivity contribution in [1.82, 2.24) is 19.6 Å². The lowest BCUT2D eigenvalue weighted by molar-refractivity contribution is -0.151. The van der Waals surface area contributed by atoms with E-state index in [1.165, 1.54) is 0 Å². The number of halogens is 1. The minimum absolute atomic E-state index is 0.128. The average molecular weight is 806 g/mol. The summed E-state index contributed by atoms with van der Waals surface area (Å²) in [6, 6.07) is 15.9. The Labute approximate surface area is 333 Å². The zero-order chi connectivity index (χ0) is 40.5. The van der Waals surface area contributed by atoms with Crippen LogP contribution in [0, 0.1) is 5.92 Å². The largest absolute Gasteiger partial charge is 0.464 e. The smallest absolute Gasteiger partial charge is 0.343 e. The molecule has 1 aliphatic carbocycles. The van der Waals surface area contributed by atoms with Crippen molar-refractivity contribution in [2.24, 2.45) is 5.92 Å². The first-order chi connectivity index (χ1) is 26.7. The highest BCUT2D eigenvalue weighted by atomic mass is 28.3. The van der Waals surface area contributed by atoms with E-state index in [0.29, 0.717) is 61.6 Å². The van der Waals surface area contributed by atoms with E-state index in [4.69, 9.17) is 34.0 Å². The molecule has 1 aliphatic rings. The zero-order valence-corrected chi connectivity index (χ0v) is 36.5. The third-order valence-corrected chi connectivity index (χ3v) is 13.6. The number of carbonyl (C=O) groups excluding carboxylic acids is 2. The maximum absolute atomic E-state index is 15.3. The van der Waals surface area contributed by atoms with Crippen LogP contribution in [-0.4, -0.2) is 93.7 Å². The number of alkyl halides is 1. The molecule has 0 radical (unpaired) electrons. The van der Waals surface area contributed by atoms with Gasteiger partial charge in [-0.15, -0.1) is 0 Å². The molecule has 3 heterocycles. The fraction of sp³-hybridized carbons (Fsp3) is 0.548. The molecule has 3 aromatic heterocycles. The lowest BCUT2D eigenvalue weighted by Crippen LogP contribution is -2.36. The molecule has 1 aromatic carbocycles. The van der Waals surface area contributed by atoms with Crippen molar-refractivity contribution >= 4 is 39.6 Å². The van der Waals surface area contributed by atoms with E-state index in [0.717, 1.165) is 34.5 Å². The topological polar surface area (TPSA) is 117 Å². The number of benzene rings is 1. The molecule has 14 heteroatoms. The Morgan fingerprint density at radius 3 is 2.02 bits per heavy atom. The minimum atomic E-state index is -1.70. The number of carbonyl (C=O) groups is 2. The van der Waals surface area contributed by atoms with Gasteiger partial charge in [-0.05, 0) is 57.7 Å². The van der Waals surface area contributed by atoms with Gasteiger partial charge in [0.2, 0.25) is 0 Å². The molecule has 1 fully saturated rings. The summed E-state index contributed by atoms with van der Waals surface area (Å²) in [5.74, 6) is -1.56. The Morgan fingerprint density at radius 2 is 1.46 bits per heavy atom. The molecule has 304 valence electrons. The maximum Gasteiger partial charge on any atom is 0.343 e. The van der Waals surface area contributed by atoms with Crippen molar-refractivity contribution in [1.29, 1.82) is 0 Å². The third-order valence-electron chi connectivity index (χ3n) is 10.1. The molecule has 0 aliphatic heterocycles. The molecule has 0 spiro atoms. The van der Waals surface area contributed by atoms with Crippen molar-refractivity contribution in [2.45, 2.75) is 103 Å². The summed E-state index contributed by atoms with van der Waals surface area (Å²) in [4.78, 5) is 38.5. The van der Waals surface area contributed by atoms with Gasteiger partial charge in [0, 0.05) is 64.1 Å². The van der Waals surface area contributed by atoms with Gasteiger partial charge in [-0.3, -0.25) is 4.98 Å². The molecule has 1 atom stereocenters. The van der Waals surface area contributed by atoms with Crippen LogP contribution < -0.4 is 4.90 Å². The Morgan fingerprint density at radius 1 is 0.839 bits per heavy atom. The SMILES string of the molecule is CCOC(=O)c1c(C2CCC(C(F)C(=O)OCC)CC2)nc2c(-c3ccc(-c4ccccc4)nc3)cnn2c1N(COCC[Si](C)(C)C)COCC[Si](C)(C)C. The molecule has 1 saturated carbocycles. The summed E-state index contributed by atoms with van der Waals surface area (Å²) < 4.78 is 40.4. The highest BCUT2D eigenvalue weighted by Crippen LogP contribution is 2.42. The van der Waals surface area contributed by atoms with Gasteiger partial charge < -0.3 is 23.8 Å². The van der Waals surface area contributed by atoms with E-state index >= 15 is 4.39 Å². The monoisotopic (exact) mass is 805 g/mol. The van der Waals surface area contributed by atoms with Crippen LogP contribution in [0.1, 0.15) is 61.5 Å². The summed E-state index contributed by atoms with van der Waals surface area (Å²) >= 11 is 0. The lowest BCUT2D eigenvalue weighted by Gasteiger charge is -2.32. The van der Waals surface area contributed by atoms with E-state index in [2.05, 4.69) is 39.3 Å². The lowest BCUT2D eigenvalue weighted by atomic mass is 9.77. The first kappa shape index (κ1) is 43.1. The van der Waals surface area contributed by atoms with Crippen LogP contribution in [0.25, 0.3) is 28.0 Å². The summed E-state index contributed by atoms with van der Waals surface area (Å²) in [7, 11) is -2.79. The van der Waals surface area contributed by atoms with Crippen LogP contribution in [0.4, 0.5) is 10.2 Å². The Balaban J connectivity index is 1.63. The number of nitrogens with zero attached hydrogens (tertiary/aromatic N) is 5. The highest BCUT2D eigenvalue weighted by Gasteiger charge is 2.38. The van der Waals surface area contributed by atoms with Crippen LogP contribution in [0.5, 0.6) is 0 Å². The second-order valence-electron chi connectivity index (χ2n) is 17.0. The van der Waals surface area contributed by atoms with E-state index in [9.17, 15) is 9.59 Å². The molecule has 0 saturated heterocycles. The average Bonchev–Trinajstić information content (AvgIpc) is 3.60. The van der Waals surface area contributed by atoms with E-state index in [1.807, 2.05) is 53.6 Å². The van der Waals surface area contributed by atoms with Gasteiger partial charge in [0.1, 0.15) is 19.0 Å². The Kier molecular flexibility index (Phi) is 15.0. The van der Waals surface area contributed by atoms with Gasteiger partial charge >= 0.3 is 11.9 Å². The molecule has 11 nitrogen and oxygen atoms in total. The predicted molar refractivity (Wildman–Crippen MR) is 224 cm³/mol. The van der Waals surface area contributed by atoms with E-state index < -0.39 is 40.2 Å². The number of anilines is 1. The van der Waals surface area contributed by atoms with Gasteiger partial charge in [-0.25, -0.2) is 19.0 Å². The van der Waals surface area contributed by atoms with Crippen molar-refractivity contribution in [3.05, 3.63) is 66.1 Å². The molecule has 5 rings (SSSR count). The molecule has 4 aromatic rings. The van der Waals surface area contributed by atoms with Crippen LogP contribution in [0.2, 0.25) is 51.4 Å². The summed E-state index contributed by atoms with van der Waals surface area (Å²) in [5, 5.41) is 4.87.